The third-order valence-electron chi connectivity index (χ3n) is 2.98. The summed E-state index contributed by atoms with van der Waals surface area (Å²) in [5.74, 6) is -0.414. The average molecular weight is 296 g/mol. The molecule has 2 N–H and O–H groups in total. The van der Waals surface area contributed by atoms with Crippen molar-refractivity contribution < 1.29 is 19.1 Å². The molecule has 1 aromatic carbocycles. The van der Waals surface area contributed by atoms with Crippen LogP contribution in [0.1, 0.15) is 39.2 Å². The molecule has 0 radical (unpaired) electrons. The number of carbonyl (C=O) groups excluding carboxylic acids is 1. The molecule has 1 atom stereocenters. The van der Waals surface area contributed by atoms with E-state index in [0.717, 1.165) is 12.8 Å². The Morgan fingerprint density at radius 3 is 2.86 bits per heavy atom. The summed E-state index contributed by atoms with van der Waals surface area (Å²) in [7, 11) is 0. The van der Waals surface area contributed by atoms with Crippen molar-refractivity contribution in [3.63, 3.8) is 0 Å². The van der Waals surface area contributed by atoms with Crippen LogP contribution in [-0.2, 0) is 4.79 Å². The Balaban J connectivity index is 2.80. The minimum atomic E-state index is -0.724. The molecule has 0 saturated heterocycles. The van der Waals surface area contributed by atoms with E-state index < -0.39 is 11.9 Å². The summed E-state index contributed by atoms with van der Waals surface area (Å²) in [6.45, 7) is 5.76. The predicted molar refractivity (Wildman–Crippen MR) is 78.4 cm³/mol. The van der Waals surface area contributed by atoms with Gasteiger partial charge >= 0.3 is 0 Å². The molecule has 0 saturated carbocycles. The maximum Gasteiger partial charge on any atom is 0.260 e. The largest absolute Gasteiger partial charge is 0.480 e. The van der Waals surface area contributed by atoms with Crippen molar-refractivity contribution in [3.05, 3.63) is 29.6 Å². The molecule has 6 heteroatoms. The number of hydrogen-bond acceptors (Lipinski definition) is 4. The highest BCUT2D eigenvalue weighted by Gasteiger charge is 2.17. The number of hydrogen-bond donors (Lipinski definition) is 2. The smallest absolute Gasteiger partial charge is 0.260 e. The van der Waals surface area contributed by atoms with Gasteiger partial charge in [0.25, 0.3) is 5.91 Å². The number of benzene rings is 1. The zero-order valence-corrected chi connectivity index (χ0v) is 12.5. The van der Waals surface area contributed by atoms with E-state index in [1.807, 2.05) is 6.92 Å². The van der Waals surface area contributed by atoms with Gasteiger partial charge in [0, 0.05) is 12.1 Å². The van der Waals surface area contributed by atoms with Crippen LogP contribution < -0.4 is 10.1 Å². The predicted octanol–water partition coefficient (Wildman–Crippen LogP) is 2.71. The van der Waals surface area contributed by atoms with Gasteiger partial charge in [-0.05, 0) is 38.5 Å². The van der Waals surface area contributed by atoms with E-state index in [9.17, 15) is 9.18 Å². The van der Waals surface area contributed by atoms with E-state index in [1.165, 1.54) is 25.1 Å². The summed E-state index contributed by atoms with van der Waals surface area (Å²) in [6.07, 6.45) is 1.16. The number of unbranched alkanes of at least 4 members (excludes halogenated alkanes) is 1. The van der Waals surface area contributed by atoms with E-state index in [0.29, 0.717) is 17.9 Å². The topological polar surface area (TPSA) is 70.9 Å². The zero-order chi connectivity index (χ0) is 15.8. The van der Waals surface area contributed by atoms with Crippen LogP contribution in [0.5, 0.6) is 5.75 Å². The molecule has 1 rings (SSSR count). The SMILES string of the molecule is CCCCNC(=O)C(C)Oc1ccc(F)cc1/C(C)=N/O. The summed E-state index contributed by atoms with van der Waals surface area (Å²) in [5.41, 5.74) is 0.522. The zero-order valence-electron chi connectivity index (χ0n) is 12.5. The molecule has 1 unspecified atom stereocenters. The second-order valence-electron chi connectivity index (χ2n) is 4.73. The lowest BCUT2D eigenvalue weighted by Crippen LogP contribution is -2.37. The van der Waals surface area contributed by atoms with Crippen LogP contribution in [0, 0.1) is 5.82 Å². The number of carbonyl (C=O) groups is 1. The molecular formula is C15H21FN2O3. The minimum absolute atomic E-state index is 0.211. The summed E-state index contributed by atoms with van der Waals surface area (Å²) in [6, 6.07) is 3.84. The fourth-order valence-electron chi connectivity index (χ4n) is 1.72. The summed E-state index contributed by atoms with van der Waals surface area (Å²) < 4.78 is 18.8. The molecule has 0 bridgehead atoms. The Labute approximate surface area is 123 Å². The number of rotatable bonds is 7. The van der Waals surface area contributed by atoms with Crippen LogP contribution in [0.15, 0.2) is 23.4 Å². The van der Waals surface area contributed by atoms with Gasteiger partial charge in [-0.3, -0.25) is 4.79 Å². The van der Waals surface area contributed by atoms with Gasteiger partial charge < -0.3 is 15.3 Å². The van der Waals surface area contributed by atoms with E-state index in [2.05, 4.69) is 10.5 Å². The maximum absolute atomic E-state index is 13.3. The second kappa shape index (κ2) is 8.24. The van der Waals surface area contributed by atoms with Gasteiger partial charge in [0.1, 0.15) is 11.6 Å². The Morgan fingerprint density at radius 1 is 1.52 bits per heavy atom. The number of nitrogens with zero attached hydrogens (tertiary/aromatic N) is 1. The molecule has 0 aliphatic heterocycles. The first-order valence-corrected chi connectivity index (χ1v) is 6.92. The molecule has 21 heavy (non-hydrogen) atoms. The maximum atomic E-state index is 13.3. The van der Waals surface area contributed by atoms with Crippen LogP contribution in [0.4, 0.5) is 4.39 Å². The molecule has 0 aliphatic carbocycles. The van der Waals surface area contributed by atoms with Crippen molar-refractivity contribution in [2.24, 2.45) is 5.16 Å². The lowest BCUT2D eigenvalue weighted by molar-refractivity contribution is -0.127. The fraction of sp³-hybridized carbons (Fsp3) is 0.467. The van der Waals surface area contributed by atoms with Crippen LogP contribution in [0.3, 0.4) is 0 Å². The Kier molecular flexibility index (Phi) is 6.65. The van der Waals surface area contributed by atoms with E-state index in [-0.39, 0.29) is 11.6 Å². The van der Waals surface area contributed by atoms with Crippen molar-refractivity contribution >= 4 is 11.6 Å². The molecule has 5 nitrogen and oxygen atoms in total. The Morgan fingerprint density at radius 2 is 2.24 bits per heavy atom. The molecule has 1 aromatic rings. The van der Waals surface area contributed by atoms with E-state index >= 15 is 0 Å². The van der Waals surface area contributed by atoms with Crippen molar-refractivity contribution in [1.29, 1.82) is 0 Å². The van der Waals surface area contributed by atoms with Crippen molar-refractivity contribution in [2.45, 2.75) is 39.7 Å². The highest BCUT2D eigenvalue weighted by molar-refractivity contribution is 6.00. The van der Waals surface area contributed by atoms with Gasteiger partial charge in [-0.25, -0.2) is 4.39 Å². The number of amides is 1. The number of ether oxygens (including phenoxy) is 1. The van der Waals surface area contributed by atoms with Gasteiger partial charge in [0.2, 0.25) is 0 Å². The summed E-state index contributed by atoms with van der Waals surface area (Å²) >= 11 is 0. The first-order chi connectivity index (χ1) is 9.99. The Bertz CT molecular complexity index is 518. The summed E-state index contributed by atoms with van der Waals surface area (Å²) in [4.78, 5) is 11.9. The Hall–Kier alpha value is -2.11. The number of oxime groups is 1. The molecular weight excluding hydrogens is 275 g/mol. The standard InChI is InChI=1S/C15H21FN2O3/c1-4-5-8-17-15(19)11(3)21-14-7-6-12(16)9-13(14)10(2)18-20/h6-7,9,11,20H,4-5,8H2,1-3H3,(H,17,19)/b18-10+. The lowest BCUT2D eigenvalue weighted by atomic mass is 10.1. The van der Waals surface area contributed by atoms with Gasteiger partial charge in [0.15, 0.2) is 6.10 Å². The van der Waals surface area contributed by atoms with Crippen molar-refractivity contribution in [2.75, 3.05) is 6.54 Å². The van der Waals surface area contributed by atoms with Gasteiger partial charge in [-0.2, -0.15) is 0 Å². The van der Waals surface area contributed by atoms with Gasteiger partial charge in [-0.1, -0.05) is 18.5 Å². The average Bonchev–Trinajstić information content (AvgIpc) is 2.48. The number of halogens is 1. The van der Waals surface area contributed by atoms with Crippen LogP contribution in [0.2, 0.25) is 0 Å². The minimum Gasteiger partial charge on any atom is -0.480 e. The molecule has 0 fully saturated rings. The van der Waals surface area contributed by atoms with Crippen LogP contribution in [0.25, 0.3) is 0 Å². The molecule has 0 aliphatic rings. The van der Waals surface area contributed by atoms with E-state index in [4.69, 9.17) is 9.94 Å². The van der Waals surface area contributed by atoms with Crippen LogP contribution >= 0.6 is 0 Å². The van der Waals surface area contributed by atoms with Gasteiger partial charge in [0.05, 0.1) is 5.71 Å². The molecule has 116 valence electrons. The molecule has 0 spiro atoms. The molecule has 1 amide bonds. The first kappa shape index (κ1) is 16.9. The monoisotopic (exact) mass is 296 g/mol. The van der Waals surface area contributed by atoms with Crippen LogP contribution in [-0.4, -0.2) is 29.5 Å². The summed E-state index contributed by atoms with van der Waals surface area (Å²) in [5, 5.41) is 14.6. The highest BCUT2D eigenvalue weighted by atomic mass is 19.1. The second-order valence-corrected chi connectivity index (χ2v) is 4.73. The van der Waals surface area contributed by atoms with Gasteiger partial charge in [-0.15, -0.1) is 0 Å². The molecule has 0 aromatic heterocycles. The quantitative estimate of drug-likeness (QED) is 0.352. The fourth-order valence-corrected chi connectivity index (χ4v) is 1.72. The normalized spacial score (nSPS) is 12.9. The van der Waals surface area contributed by atoms with E-state index in [1.54, 1.807) is 6.92 Å². The highest BCUT2D eigenvalue weighted by Crippen LogP contribution is 2.22. The lowest BCUT2D eigenvalue weighted by Gasteiger charge is -2.17. The third-order valence-corrected chi connectivity index (χ3v) is 2.98. The molecule has 0 heterocycles. The van der Waals surface area contributed by atoms with Crippen molar-refractivity contribution in [1.82, 2.24) is 5.32 Å². The van der Waals surface area contributed by atoms with Crippen molar-refractivity contribution in [3.8, 4) is 5.75 Å². The number of nitrogens with one attached hydrogen (secondary N) is 1. The third kappa shape index (κ3) is 5.06. The first-order valence-electron chi connectivity index (χ1n) is 6.92.